The molecular formula is C13H20ClNO2. The van der Waals surface area contributed by atoms with Crippen molar-refractivity contribution >= 4 is 17.5 Å². The van der Waals surface area contributed by atoms with Gasteiger partial charge < -0.3 is 10.1 Å². The van der Waals surface area contributed by atoms with Crippen molar-refractivity contribution in [3.63, 3.8) is 0 Å². The highest BCUT2D eigenvalue weighted by Gasteiger charge is 2.67. The van der Waals surface area contributed by atoms with E-state index in [9.17, 15) is 4.79 Å². The molecule has 17 heavy (non-hydrogen) atoms. The Morgan fingerprint density at radius 3 is 2.59 bits per heavy atom. The second kappa shape index (κ2) is 4.43. The molecule has 96 valence electrons. The van der Waals surface area contributed by atoms with E-state index in [0.29, 0.717) is 30.2 Å². The third-order valence-electron chi connectivity index (χ3n) is 4.94. The monoisotopic (exact) mass is 257 g/mol. The van der Waals surface area contributed by atoms with Crippen molar-refractivity contribution in [2.75, 3.05) is 19.6 Å². The van der Waals surface area contributed by atoms with Gasteiger partial charge in [0.1, 0.15) is 0 Å². The fraction of sp³-hybridized carbons (Fsp3) is 0.923. The summed E-state index contributed by atoms with van der Waals surface area (Å²) in [4.78, 5) is 12.2. The van der Waals surface area contributed by atoms with Gasteiger partial charge in [-0.3, -0.25) is 4.79 Å². The average molecular weight is 258 g/mol. The molecule has 5 atom stereocenters. The lowest BCUT2D eigenvalue weighted by Gasteiger charge is -2.16. The fourth-order valence-corrected chi connectivity index (χ4v) is 4.47. The summed E-state index contributed by atoms with van der Waals surface area (Å²) in [6.07, 6.45) is 4.09. The van der Waals surface area contributed by atoms with Crippen LogP contribution in [0.15, 0.2) is 0 Å². The van der Waals surface area contributed by atoms with Crippen molar-refractivity contribution in [2.45, 2.75) is 25.3 Å². The third-order valence-corrected chi connectivity index (χ3v) is 5.31. The predicted molar refractivity (Wildman–Crippen MR) is 65.8 cm³/mol. The molecule has 0 spiro atoms. The third kappa shape index (κ3) is 1.88. The Kier molecular flexibility index (Phi) is 3.07. The Morgan fingerprint density at radius 1 is 1.41 bits per heavy atom. The highest BCUT2D eigenvalue weighted by molar-refractivity contribution is 6.18. The zero-order valence-electron chi connectivity index (χ0n) is 10.2. The summed E-state index contributed by atoms with van der Waals surface area (Å²) in [5.41, 5.74) is 0. The van der Waals surface area contributed by atoms with E-state index in [1.54, 1.807) is 7.11 Å². The van der Waals surface area contributed by atoms with Crippen LogP contribution in [-0.2, 0) is 9.53 Å². The number of hydrogen-bond acceptors (Lipinski definition) is 2. The molecule has 0 aromatic rings. The molecule has 3 aliphatic carbocycles. The van der Waals surface area contributed by atoms with Gasteiger partial charge >= 0.3 is 0 Å². The highest BCUT2D eigenvalue weighted by Crippen LogP contribution is 2.69. The molecule has 3 fully saturated rings. The molecule has 3 rings (SSSR count). The van der Waals surface area contributed by atoms with Crippen molar-refractivity contribution in [1.29, 1.82) is 0 Å². The van der Waals surface area contributed by atoms with Crippen LogP contribution in [-0.4, -0.2) is 31.5 Å². The number of hydrogen-bond donors (Lipinski definition) is 1. The summed E-state index contributed by atoms with van der Waals surface area (Å²) in [7, 11) is 1.64. The number of methoxy groups -OCH3 is 1. The van der Waals surface area contributed by atoms with E-state index in [0.717, 1.165) is 11.8 Å². The lowest BCUT2D eigenvalue weighted by atomic mass is 10.0. The first-order valence-electron chi connectivity index (χ1n) is 6.61. The Balaban J connectivity index is 1.55. The van der Waals surface area contributed by atoms with E-state index in [2.05, 4.69) is 5.32 Å². The van der Waals surface area contributed by atoms with E-state index in [4.69, 9.17) is 16.3 Å². The summed E-state index contributed by atoms with van der Waals surface area (Å²) in [5.74, 6) is 4.03. The second-order valence-electron chi connectivity index (χ2n) is 5.83. The van der Waals surface area contributed by atoms with Gasteiger partial charge in [0.2, 0.25) is 5.91 Å². The zero-order chi connectivity index (χ0) is 12.0. The van der Waals surface area contributed by atoms with Gasteiger partial charge in [-0.1, -0.05) is 0 Å². The van der Waals surface area contributed by atoms with E-state index in [1.807, 2.05) is 0 Å². The van der Waals surface area contributed by atoms with Crippen LogP contribution in [0.5, 0.6) is 0 Å². The molecule has 1 amide bonds. The summed E-state index contributed by atoms with van der Waals surface area (Å²) < 4.78 is 5.05. The molecule has 2 bridgehead atoms. The molecule has 0 aromatic carbocycles. The number of nitrogens with one attached hydrogen (secondary N) is 1. The number of halogens is 1. The number of fused-ring (bicyclic) bond motifs is 5. The van der Waals surface area contributed by atoms with Gasteiger partial charge in [-0.05, 0) is 42.9 Å². The molecular weight excluding hydrogens is 238 g/mol. The van der Waals surface area contributed by atoms with Crippen LogP contribution >= 0.6 is 11.6 Å². The molecule has 0 radical (unpaired) electrons. The number of rotatable bonds is 5. The van der Waals surface area contributed by atoms with Gasteiger partial charge in [-0.15, -0.1) is 11.6 Å². The number of carbonyl (C=O) groups is 1. The SMILES string of the molecule is COCC(CCl)NC(=O)C1C2C3CCC(C3)C12. The number of alkyl halides is 1. The molecule has 1 N–H and O–H groups in total. The van der Waals surface area contributed by atoms with E-state index >= 15 is 0 Å². The number of carbonyl (C=O) groups excluding carboxylic acids is 1. The van der Waals surface area contributed by atoms with Crippen LogP contribution in [0.3, 0.4) is 0 Å². The molecule has 0 saturated heterocycles. The van der Waals surface area contributed by atoms with E-state index in [-0.39, 0.29) is 11.9 Å². The van der Waals surface area contributed by atoms with Crippen LogP contribution in [0.25, 0.3) is 0 Å². The molecule has 3 saturated carbocycles. The van der Waals surface area contributed by atoms with Crippen LogP contribution in [0.1, 0.15) is 19.3 Å². The van der Waals surface area contributed by atoms with Crippen molar-refractivity contribution in [2.24, 2.45) is 29.6 Å². The smallest absolute Gasteiger partial charge is 0.224 e. The van der Waals surface area contributed by atoms with Gasteiger partial charge in [0, 0.05) is 18.9 Å². The Labute approximate surface area is 107 Å². The first-order chi connectivity index (χ1) is 8.26. The predicted octanol–water partition coefficient (Wildman–Crippen LogP) is 1.65. The normalized spacial score (nSPS) is 43.3. The maximum absolute atomic E-state index is 12.2. The minimum Gasteiger partial charge on any atom is -0.383 e. The summed E-state index contributed by atoms with van der Waals surface area (Å²) in [5, 5.41) is 3.03. The van der Waals surface area contributed by atoms with Crippen molar-refractivity contribution in [3.05, 3.63) is 0 Å². The van der Waals surface area contributed by atoms with Crippen LogP contribution in [0.4, 0.5) is 0 Å². The Morgan fingerprint density at radius 2 is 2.06 bits per heavy atom. The Bertz CT molecular complexity index is 307. The summed E-state index contributed by atoms with van der Waals surface area (Å²) in [6, 6.07) is -0.0341. The minimum atomic E-state index is -0.0341. The van der Waals surface area contributed by atoms with Gasteiger partial charge in [0.05, 0.1) is 12.6 Å². The molecule has 4 heteroatoms. The van der Waals surface area contributed by atoms with E-state index in [1.165, 1.54) is 19.3 Å². The summed E-state index contributed by atoms with van der Waals surface area (Å²) in [6.45, 7) is 0.504. The maximum Gasteiger partial charge on any atom is 0.224 e. The molecule has 3 nitrogen and oxygen atoms in total. The second-order valence-corrected chi connectivity index (χ2v) is 6.14. The quantitative estimate of drug-likeness (QED) is 0.761. The highest BCUT2D eigenvalue weighted by atomic mass is 35.5. The fourth-order valence-electron chi connectivity index (χ4n) is 4.30. The first-order valence-corrected chi connectivity index (χ1v) is 7.15. The number of amides is 1. The summed E-state index contributed by atoms with van der Waals surface area (Å²) >= 11 is 5.81. The maximum atomic E-state index is 12.2. The van der Waals surface area contributed by atoms with Gasteiger partial charge in [-0.2, -0.15) is 0 Å². The Hall–Kier alpha value is -0.280. The van der Waals surface area contributed by atoms with Crippen molar-refractivity contribution in [1.82, 2.24) is 5.32 Å². The van der Waals surface area contributed by atoms with E-state index < -0.39 is 0 Å². The zero-order valence-corrected chi connectivity index (χ0v) is 11.0. The average Bonchev–Trinajstić information content (AvgIpc) is 2.78. The molecule has 5 unspecified atom stereocenters. The largest absolute Gasteiger partial charge is 0.383 e. The number of ether oxygens (including phenoxy) is 1. The molecule has 3 aliphatic rings. The minimum absolute atomic E-state index is 0.0341. The molecule has 0 aromatic heterocycles. The van der Waals surface area contributed by atoms with Gasteiger partial charge in [0.25, 0.3) is 0 Å². The lowest BCUT2D eigenvalue weighted by Crippen LogP contribution is -2.41. The van der Waals surface area contributed by atoms with Crippen LogP contribution in [0.2, 0.25) is 0 Å². The van der Waals surface area contributed by atoms with Gasteiger partial charge in [0.15, 0.2) is 0 Å². The van der Waals surface area contributed by atoms with Gasteiger partial charge in [-0.25, -0.2) is 0 Å². The topological polar surface area (TPSA) is 38.3 Å². The lowest BCUT2D eigenvalue weighted by molar-refractivity contribution is -0.124. The van der Waals surface area contributed by atoms with Crippen LogP contribution in [0, 0.1) is 29.6 Å². The van der Waals surface area contributed by atoms with Crippen molar-refractivity contribution in [3.8, 4) is 0 Å². The van der Waals surface area contributed by atoms with Crippen LogP contribution < -0.4 is 5.32 Å². The molecule has 0 aliphatic heterocycles. The van der Waals surface area contributed by atoms with Crippen molar-refractivity contribution < 1.29 is 9.53 Å². The standard InChI is InChI=1S/C13H20ClNO2/c1-17-6-9(5-14)15-13(16)12-10-7-2-3-8(4-7)11(10)12/h7-12H,2-6H2,1H3,(H,15,16). The molecule has 0 heterocycles. The first kappa shape index (κ1) is 11.8.